The lowest BCUT2D eigenvalue weighted by Gasteiger charge is -2.13. The van der Waals surface area contributed by atoms with E-state index in [4.69, 9.17) is 0 Å². The standard InChI is InChI=1S/C21H22N6OS/c1-21(2,3)17-13-27-20(25-17)29-19(26-27)23-12-14-4-6-15(7-5-14)18(28)24-16-8-10-22-11-9-16/h4-11,13H,12H2,1-3H3,(H,23,26)(H,22,24,28). The Labute approximate surface area is 172 Å². The van der Waals surface area contributed by atoms with Crippen molar-refractivity contribution in [3.05, 3.63) is 71.8 Å². The van der Waals surface area contributed by atoms with E-state index in [-0.39, 0.29) is 11.3 Å². The lowest BCUT2D eigenvalue weighted by molar-refractivity contribution is 0.102. The second kappa shape index (κ2) is 7.63. The van der Waals surface area contributed by atoms with Crippen LogP contribution in [-0.2, 0) is 12.0 Å². The van der Waals surface area contributed by atoms with Gasteiger partial charge in [0.2, 0.25) is 10.1 Å². The summed E-state index contributed by atoms with van der Waals surface area (Å²) >= 11 is 1.52. The zero-order valence-corrected chi connectivity index (χ0v) is 17.3. The highest BCUT2D eigenvalue weighted by Gasteiger charge is 2.19. The van der Waals surface area contributed by atoms with Crippen molar-refractivity contribution in [1.82, 2.24) is 19.6 Å². The van der Waals surface area contributed by atoms with E-state index < -0.39 is 0 Å². The van der Waals surface area contributed by atoms with Crippen LogP contribution in [0.4, 0.5) is 10.8 Å². The molecule has 0 spiro atoms. The summed E-state index contributed by atoms with van der Waals surface area (Å²) in [5, 5.41) is 11.5. The fraction of sp³-hybridized carbons (Fsp3) is 0.238. The molecule has 2 N–H and O–H groups in total. The minimum atomic E-state index is -0.147. The third-order valence-electron chi connectivity index (χ3n) is 4.41. The highest BCUT2D eigenvalue weighted by Crippen LogP contribution is 2.25. The molecule has 0 saturated heterocycles. The first-order chi connectivity index (χ1) is 13.9. The van der Waals surface area contributed by atoms with Gasteiger partial charge in [-0.05, 0) is 29.8 Å². The lowest BCUT2D eigenvalue weighted by atomic mass is 9.93. The maximum Gasteiger partial charge on any atom is 0.255 e. The van der Waals surface area contributed by atoms with E-state index in [0.29, 0.717) is 12.1 Å². The van der Waals surface area contributed by atoms with Gasteiger partial charge in [0, 0.05) is 35.6 Å². The van der Waals surface area contributed by atoms with Crippen molar-refractivity contribution in [1.29, 1.82) is 0 Å². The Bertz CT molecular complexity index is 1090. The Hall–Kier alpha value is -3.26. The number of hydrogen-bond donors (Lipinski definition) is 2. The highest BCUT2D eigenvalue weighted by atomic mass is 32.1. The van der Waals surface area contributed by atoms with Gasteiger partial charge in [0.15, 0.2) is 0 Å². The fourth-order valence-electron chi connectivity index (χ4n) is 2.72. The molecule has 0 aliphatic carbocycles. The topological polar surface area (TPSA) is 84.2 Å². The number of hydrogen-bond acceptors (Lipinski definition) is 6. The van der Waals surface area contributed by atoms with Crippen LogP contribution in [0.5, 0.6) is 0 Å². The molecule has 0 radical (unpaired) electrons. The Morgan fingerprint density at radius 3 is 2.48 bits per heavy atom. The predicted molar refractivity (Wildman–Crippen MR) is 116 cm³/mol. The molecule has 0 atom stereocenters. The first-order valence-corrected chi connectivity index (χ1v) is 10.1. The normalized spacial score (nSPS) is 11.6. The number of amides is 1. The lowest BCUT2D eigenvalue weighted by Crippen LogP contribution is -2.12. The predicted octanol–water partition coefficient (Wildman–Crippen LogP) is 4.35. The van der Waals surface area contributed by atoms with E-state index in [0.717, 1.165) is 27.0 Å². The van der Waals surface area contributed by atoms with Gasteiger partial charge in [0.05, 0.1) is 11.9 Å². The van der Waals surface area contributed by atoms with E-state index in [1.807, 2.05) is 35.0 Å². The quantitative estimate of drug-likeness (QED) is 0.515. The summed E-state index contributed by atoms with van der Waals surface area (Å²) in [6, 6.07) is 11.0. The maximum absolute atomic E-state index is 12.3. The summed E-state index contributed by atoms with van der Waals surface area (Å²) in [7, 11) is 0. The molecule has 148 valence electrons. The number of nitrogens with one attached hydrogen (secondary N) is 2. The maximum atomic E-state index is 12.3. The second-order valence-electron chi connectivity index (χ2n) is 7.75. The van der Waals surface area contributed by atoms with Gasteiger partial charge >= 0.3 is 0 Å². The van der Waals surface area contributed by atoms with Crippen LogP contribution in [-0.4, -0.2) is 25.5 Å². The number of carbonyl (C=O) groups excluding carboxylic acids is 1. The molecule has 1 amide bonds. The van der Waals surface area contributed by atoms with Crippen molar-refractivity contribution in [3.8, 4) is 0 Å². The molecule has 3 heterocycles. The van der Waals surface area contributed by atoms with Gasteiger partial charge in [0.1, 0.15) is 0 Å². The summed E-state index contributed by atoms with van der Waals surface area (Å²) in [4.78, 5) is 21.8. The molecule has 1 aromatic carbocycles. The number of imidazole rings is 1. The number of nitrogens with zero attached hydrogens (tertiary/aromatic N) is 4. The Morgan fingerprint density at radius 1 is 1.10 bits per heavy atom. The van der Waals surface area contributed by atoms with Crippen LogP contribution in [0.15, 0.2) is 55.0 Å². The van der Waals surface area contributed by atoms with E-state index in [1.165, 1.54) is 11.3 Å². The number of carbonyl (C=O) groups is 1. The zero-order chi connectivity index (χ0) is 20.4. The molecule has 0 aliphatic rings. The Balaban J connectivity index is 1.37. The van der Waals surface area contributed by atoms with Crippen molar-refractivity contribution in [2.45, 2.75) is 32.7 Å². The monoisotopic (exact) mass is 406 g/mol. The summed E-state index contributed by atoms with van der Waals surface area (Å²) < 4.78 is 1.82. The van der Waals surface area contributed by atoms with Gasteiger partial charge in [-0.25, -0.2) is 9.50 Å². The van der Waals surface area contributed by atoms with E-state index in [9.17, 15) is 4.79 Å². The third-order valence-corrected chi connectivity index (χ3v) is 5.29. The number of anilines is 2. The number of pyridine rings is 1. The molecule has 4 rings (SSSR count). The molecular formula is C21H22N6OS. The number of fused-ring (bicyclic) bond motifs is 1. The van der Waals surface area contributed by atoms with Gasteiger partial charge in [-0.3, -0.25) is 9.78 Å². The summed E-state index contributed by atoms with van der Waals surface area (Å²) in [6.07, 6.45) is 5.27. The van der Waals surface area contributed by atoms with Crippen LogP contribution in [0, 0.1) is 0 Å². The van der Waals surface area contributed by atoms with E-state index in [1.54, 1.807) is 24.5 Å². The molecule has 0 bridgehead atoms. The van der Waals surface area contributed by atoms with Crippen molar-refractivity contribution in [2.24, 2.45) is 0 Å². The molecule has 0 fully saturated rings. The molecule has 29 heavy (non-hydrogen) atoms. The van der Waals surface area contributed by atoms with Crippen LogP contribution in [0.3, 0.4) is 0 Å². The largest absolute Gasteiger partial charge is 0.356 e. The summed E-state index contributed by atoms with van der Waals surface area (Å²) in [5.41, 5.74) is 3.43. The zero-order valence-electron chi connectivity index (χ0n) is 16.5. The average molecular weight is 407 g/mol. The smallest absolute Gasteiger partial charge is 0.255 e. The van der Waals surface area contributed by atoms with Gasteiger partial charge in [-0.1, -0.05) is 44.2 Å². The van der Waals surface area contributed by atoms with Crippen LogP contribution < -0.4 is 10.6 Å². The fourth-order valence-corrected chi connectivity index (χ4v) is 3.50. The third kappa shape index (κ3) is 4.43. The van der Waals surface area contributed by atoms with E-state index in [2.05, 4.69) is 46.5 Å². The molecule has 0 saturated carbocycles. The number of benzene rings is 1. The summed E-state index contributed by atoms with van der Waals surface area (Å²) in [6.45, 7) is 7.04. The van der Waals surface area contributed by atoms with Crippen LogP contribution in [0.25, 0.3) is 4.96 Å². The average Bonchev–Trinajstić information content (AvgIpc) is 3.26. The first-order valence-electron chi connectivity index (χ1n) is 9.29. The van der Waals surface area contributed by atoms with E-state index >= 15 is 0 Å². The molecular weight excluding hydrogens is 384 g/mol. The van der Waals surface area contributed by atoms with Gasteiger partial charge in [-0.2, -0.15) is 0 Å². The number of rotatable bonds is 5. The summed E-state index contributed by atoms with van der Waals surface area (Å²) in [5.74, 6) is -0.147. The van der Waals surface area contributed by atoms with Gasteiger partial charge < -0.3 is 10.6 Å². The minimum Gasteiger partial charge on any atom is -0.356 e. The minimum absolute atomic E-state index is 0.00640. The molecule has 8 heteroatoms. The van der Waals surface area contributed by atoms with Gasteiger partial charge in [0.25, 0.3) is 5.91 Å². The SMILES string of the molecule is CC(C)(C)c1cn2nc(NCc3ccc(C(=O)Nc4ccncc4)cc3)sc2n1. The first kappa shape index (κ1) is 19.1. The van der Waals surface area contributed by atoms with Crippen molar-refractivity contribution >= 4 is 33.0 Å². The molecule has 3 aromatic heterocycles. The number of aromatic nitrogens is 4. The van der Waals surface area contributed by atoms with Crippen LogP contribution in [0.2, 0.25) is 0 Å². The molecule has 0 unspecified atom stereocenters. The van der Waals surface area contributed by atoms with Crippen LogP contribution in [0.1, 0.15) is 42.4 Å². The van der Waals surface area contributed by atoms with Crippen molar-refractivity contribution in [3.63, 3.8) is 0 Å². The highest BCUT2D eigenvalue weighted by molar-refractivity contribution is 7.20. The molecule has 0 aliphatic heterocycles. The van der Waals surface area contributed by atoms with Crippen molar-refractivity contribution in [2.75, 3.05) is 10.6 Å². The second-order valence-corrected chi connectivity index (χ2v) is 8.71. The molecule has 7 nitrogen and oxygen atoms in total. The van der Waals surface area contributed by atoms with Crippen LogP contribution >= 0.6 is 11.3 Å². The van der Waals surface area contributed by atoms with Crippen molar-refractivity contribution < 1.29 is 4.79 Å². The molecule has 4 aromatic rings. The Kier molecular flexibility index (Phi) is 5.02. The Morgan fingerprint density at radius 2 is 1.83 bits per heavy atom. The van der Waals surface area contributed by atoms with Gasteiger partial charge in [-0.15, -0.1) is 5.10 Å².